The second kappa shape index (κ2) is 5.61. The van der Waals surface area contributed by atoms with Gasteiger partial charge in [-0.15, -0.1) is 0 Å². The van der Waals surface area contributed by atoms with Crippen LogP contribution in [0.25, 0.3) is 0 Å². The van der Waals surface area contributed by atoms with Crippen molar-refractivity contribution in [2.75, 3.05) is 0 Å². The molecular weight excluding hydrogens is 144 g/mol. The van der Waals surface area contributed by atoms with Crippen LogP contribution in [0, 0.1) is 23.7 Å². The molecule has 0 bridgehead atoms. The molecule has 0 aliphatic carbocycles. The summed E-state index contributed by atoms with van der Waals surface area (Å²) >= 11 is 0. The summed E-state index contributed by atoms with van der Waals surface area (Å²) < 4.78 is 0. The van der Waals surface area contributed by atoms with E-state index in [0.717, 1.165) is 17.8 Å². The van der Waals surface area contributed by atoms with Crippen LogP contribution in [-0.2, 0) is 0 Å². The summed E-state index contributed by atoms with van der Waals surface area (Å²) in [5, 5.41) is 0. The third kappa shape index (κ3) is 5.62. The van der Waals surface area contributed by atoms with E-state index in [1.807, 2.05) is 0 Å². The SMILES string of the molecule is CC(C)C[C](CC(C)C)C(C)C. The van der Waals surface area contributed by atoms with Crippen molar-refractivity contribution >= 4 is 0 Å². The summed E-state index contributed by atoms with van der Waals surface area (Å²) in [4.78, 5) is 0. The summed E-state index contributed by atoms with van der Waals surface area (Å²) in [7, 11) is 0. The highest BCUT2D eigenvalue weighted by Crippen LogP contribution is 2.28. The third-order valence-corrected chi connectivity index (χ3v) is 2.16. The Bertz CT molecular complexity index is 90.6. The highest BCUT2D eigenvalue weighted by Gasteiger charge is 2.16. The van der Waals surface area contributed by atoms with Crippen molar-refractivity contribution in [1.82, 2.24) is 0 Å². The van der Waals surface area contributed by atoms with Crippen molar-refractivity contribution in [3.05, 3.63) is 5.92 Å². The first-order valence-corrected chi connectivity index (χ1v) is 5.28. The molecule has 73 valence electrons. The summed E-state index contributed by atoms with van der Waals surface area (Å²) in [5.74, 6) is 4.16. The first-order valence-electron chi connectivity index (χ1n) is 5.28. The van der Waals surface area contributed by atoms with E-state index in [-0.39, 0.29) is 0 Å². The van der Waals surface area contributed by atoms with Crippen molar-refractivity contribution in [2.45, 2.75) is 54.4 Å². The molecule has 1 radical (unpaired) electrons. The second-order valence-electron chi connectivity index (χ2n) is 5.01. The van der Waals surface area contributed by atoms with Crippen LogP contribution in [0.3, 0.4) is 0 Å². The number of hydrogen-bond donors (Lipinski definition) is 0. The van der Waals surface area contributed by atoms with Crippen molar-refractivity contribution in [1.29, 1.82) is 0 Å². The molecule has 0 aromatic heterocycles. The topological polar surface area (TPSA) is 0 Å². The average molecular weight is 169 g/mol. The predicted molar refractivity (Wildman–Crippen MR) is 57.0 cm³/mol. The van der Waals surface area contributed by atoms with Gasteiger partial charge in [-0.3, -0.25) is 0 Å². The Morgan fingerprint density at radius 1 is 0.750 bits per heavy atom. The van der Waals surface area contributed by atoms with Crippen LogP contribution in [-0.4, -0.2) is 0 Å². The van der Waals surface area contributed by atoms with Crippen LogP contribution in [0.4, 0.5) is 0 Å². The molecular formula is C12H25. The lowest BCUT2D eigenvalue weighted by Gasteiger charge is -2.23. The molecule has 0 spiro atoms. The maximum atomic E-state index is 2.32. The normalized spacial score (nSPS) is 12.5. The molecule has 0 rings (SSSR count). The molecule has 0 heteroatoms. The number of rotatable bonds is 5. The van der Waals surface area contributed by atoms with Gasteiger partial charge in [-0.2, -0.15) is 0 Å². The molecule has 0 nitrogen and oxygen atoms in total. The zero-order chi connectivity index (χ0) is 9.72. The Kier molecular flexibility index (Phi) is 5.61. The predicted octanol–water partition coefficient (Wildman–Crippen LogP) is 4.31. The first-order chi connectivity index (χ1) is 5.43. The highest BCUT2D eigenvalue weighted by molar-refractivity contribution is 4.94. The van der Waals surface area contributed by atoms with Crippen LogP contribution in [0.5, 0.6) is 0 Å². The molecule has 0 fully saturated rings. The van der Waals surface area contributed by atoms with E-state index >= 15 is 0 Å². The Morgan fingerprint density at radius 3 is 1.25 bits per heavy atom. The van der Waals surface area contributed by atoms with E-state index in [0.29, 0.717) is 0 Å². The van der Waals surface area contributed by atoms with Crippen LogP contribution in [0.2, 0.25) is 0 Å². The molecule has 0 atom stereocenters. The van der Waals surface area contributed by atoms with E-state index in [1.54, 1.807) is 5.92 Å². The Balaban J connectivity index is 3.87. The van der Waals surface area contributed by atoms with Gasteiger partial charge in [0.15, 0.2) is 0 Å². The average Bonchev–Trinajstić information content (AvgIpc) is 1.83. The van der Waals surface area contributed by atoms with Gasteiger partial charge in [-0.1, -0.05) is 41.5 Å². The zero-order valence-electron chi connectivity index (χ0n) is 9.65. The lowest BCUT2D eigenvalue weighted by atomic mass is 9.82. The smallest absolute Gasteiger partial charge is 0.0210 e. The quantitative estimate of drug-likeness (QED) is 0.575. The number of hydrogen-bond acceptors (Lipinski definition) is 0. The molecule has 0 unspecified atom stereocenters. The first kappa shape index (κ1) is 12.0. The lowest BCUT2D eigenvalue weighted by Crippen LogP contribution is -2.11. The highest BCUT2D eigenvalue weighted by atomic mass is 14.2. The van der Waals surface area contributed by atoms with Crippen molar-refractivity contribution in [2.24, 2.45) is 17.8 Å². The monoisotopic (exact) mass is 169 g/mol. The van der Waals surface area contributed by atoms with E-state index in [9.17, 15) is 0 Å². The van der Waals surface area contributed by atoms with Crippen LogP contribution < -0.4 is 0 Å². The van der Waals surface area contributed by atoms with Gasteiger partial charge in [0, 0.05) is 0 Å². The minimum Gasteiger partial charge on any atom is -0.0628 e. The summed E-state index contributed by atoms with van der Waals surface area (Å²) in [6, 6.07) is 0. The molecule has 0 aliphatic rings. The van der Waals surface area contributed by atoms with Gasteiger partial charge in [0.05, 0.1) is 0 Å². The summed E-state index contributed by atoms with van der Waals surface area (Å²) in [6.45, 7) is 13.9. The minimum atomic E-state index is 0.773. The lowest BCUT2D eigenvalue weighted by molar-refractivity contribution is 0.439. The second-order valence-corrected chi connectivity index (χ2v) is 5.01. The summed E-state index contributed by atoms with van der Waals surface area (Å²) in [6.07, 6.45) is 2.63. The Morgan fingerprint density at radius 2 is 1.08 bits per heavy atom. The molecule has 0 aliphatic heterocycles. The Hall–Kier alpha value is 0. The molecule has 0 aromatic carbocycles. The minimum absolute atomic E-state index is 0.773. The van der Waals surface area contributed by atoms with Gasteiger partial charge in [-0.25, -0.2) is 0 Å². The van der Waals surface area contributed by atoms with E-state index < -0.39 is 0 Å². The van der Waals surface area contributed by atoms with Crippen LogP contribution >= 0.6 is 0 Å². The fourth-order valence-corrected chi connectivity index (χ4v) is 1.60. The van der Waals surface area contributed by atoms with Crippen molar-refractivity contribution in [3.8, 4) is 0 Å². The zero-order valence-corrected chi connectivity index (χ0v) is 9.65. The molecule has 0 saturated carbocycles. The fraction of sp³-hybridized carbons (Fsp3) is 0.917. The van der Waals surface area contributed by atoms with Crippen molar-refractivity contribution in [3.63, 3.8) is 0 Å². The molecule has 0 heterocycles. The summed E-state index contributed by atoms with van der Waals surface area (Å²) in [5.41, 5.74) is 0. The largest absolute Gasteiger partial charge is 0.0628 e. The molecule has 0 saturated heterocycles. The van der Waals surface area contributed by atoms with Crippen molar-refractivity contribution < 1.29 is 0 Å². The van der Waals surface area contributed by atoms with Gasteiger partial charge in [0.2, 0.25) is 0 Å². The van der Waals surface area contributed by atoms with Gasteiger partial charge < -0.3 is 0 Å². The standard InChI is InChI=1S/C12H25/c1-9(2)7-12(11(5)6)8-10(3)4/h9-11H,7-8H2,1-6H3. The van der Waals surface area contributed by atoms with E-state index in [4.69, 9.17) is 0 Å². The molecule has 0 aromatic rings. The maximum Gasteiger partial charge on any atom is -0.0210 e. The van der Waals surface area contributed by atoms with E-state index in [1.165, 1.54) is 12.8 Å². The van der Waals surface area contributed by atoms with Crippen LogP contribution in [0.1, 0.15) is 54.4 Å². The van der Waals surface area contributed by atoms with Gasteiger partial charge >= 0.3 is 0 Å². The Labute approximate surface area is 78.8 Å². The fourth-order valence-electron chi connectivity index (χ4n) is 1.60. The maximum absolute atomic E-state index is 2.32. The van der Waals surface area contributed by atoms with Crippen LogP contribution in [0.15, 0.2) is 0 Å². The van der Waals surface area contributed by atoms with Gasteiger partial charge in [0.1, 0.15) is 0 Å². The van der Waals surface area contributed by atoms with Gasteiger partial charge in [0.25, 0.3) is 0 Å². The van der Waals surface area contributed by atoms with E-state index in [2.05, 4.69) is 41.5 Å². The molecule has 0 N–H and O–H groups in total. The van der Waals surface area contributed by atoms with Gasteiger partial charge in [-0.05, 0) is 36.5 Å². The third-order valence-electron chi connectivity index (χ3n) is 2.16. The molecule has 0 amide bonds. The molecule has 12 heavy (non-hydrogen) atoms.